The Bertz CT molecular complexity index is 2990. The van der Waals surface area contributed by atoms with E-state index in [4.69, 9.17) is 13.2 Å². The molecule has 7 aromatic carbocycles. The fourth-order valence-electron chi connectivity index (χ4n) is 6.92. The third-order valence-corrected chi connectivity index (χ3v) is 10.4. The van der Waals surface area contributed by atoms with Crippen molar-refractivity contribution in [2.75, 3.05) is 0 Å². The summed E-state index contributed by atoms with van der Waals surface area (Å²) < 4.78 is 47.2. The van der Waals surface area contributed by atoms with Gasteiger partial charge < -0.3 is 9.55 Å². The number of hydrogen-bond donors (Lipinski definition) is 0. The number of thiophene rings is 1. The van der Waals surface area contributed by atoms with E-state index in [-0.39, 0.29) is 31.2 Å². The van der Waals surface area contributed by atoms with Crippen molar-refractivity contribution in [3.05, 3.63) is 199 Å². The predicted octanol–water partition coefficient (Wildman–Crippen LogP) is 13.4. The molecule has 0 N–H and O–H groups in total. The maximum absolute atomic E-state index is 7.28. The van der Waals surface area contributed by atoms with E-state index in [2.05, 4.69) is 161 Å². The molecule has 0 spiro atoms. The maximum Gasteiger partial charge on any atom is 0.0774 e. The molecule has 0 amide bonds. The van der Waals surface area contributed by atoms with Crippen LogP contribution in [0.4, 0.5) is 0 Å². The van der Waals surface area contributed by atoms with Gasteiger partial charge in [-0.05, 0) is 46.8 Å². The summed E-state index contributed by atoms with van der Waals surface area (Å²) in [4.78, 5) is 9.35. The van der Waals surface area contributed by atoms with Gasteiger partial charge in [-0.25, -0.2) is 0 Å². The Labute approximate surface area is 347 Å². The van der Waals surface area contributed by atoms with E-state index >= 15 is 0 Å². The van der Waals surface area contributed by atoms with Crippen LogP contribution in [0.25, 0.3) is 82.5 Å². The molecule has 3 nitrogen and oxygen atoms in total. The summed E-state index contributed by atoms with van der Waals surface area (Å²) in [5.41, 5.74) is 10.4. The molecule has 0 aliphatic heterocycles. The van der Waals surface area contributed by atoms with Crippen molar-refractivity contribution in [2.45, 2.75) is 13.7 Å². The largest absolute Gasteiger partial charge is 0.332 e. The van der Waals surface area contributed by atoms with Gasteiger partial charge in [0.25, 0.3) is 0 Å². The third-order valence-electron chi connectivity index (χ3n) is 9.47. The van der Waals surface area contributed by atoms with E-state index in [9.17, 15) is 0 Å². The summed E-state index contributed by atoms with van der Waals surface area (Å²) in [6.45, 7) is -4.34. The molecule has 0 saturated heterocycles. The second-order valence-electron chi connectivity index (χ2n) is 12.9. The van der Waals surface area contributed by atoms with Crippen molar-refractivity contribution in [3.8, 4) is 50.6 Å². The number of imidazole rings is 1. The topological polar surface area (TPSA) is 30.7 Å². The third kappa shape index (κ3) is 7.06. The van der Waals surface area contributed by atoms with Gasteiger partial charge in [-0.3, -0.25) is 16.3 Å². The van der Waals surface area contributed by atoms with Gasteiger partial charge in [0.15, 0.2) is 0 Å². The van der Waals surface area contributed by atoms with Crippen LogP contribution in [0.2, 0.25) is 0 Å². The molecule has 0 aliphatic rings. The zero-order chi connectivity index (χ0) is 41.4. The van der Waals surface area contributed by atoms with Crippen LogP contribution in [0, 0.1) is 25.2 Å². The van der Waals surface area contributed by atoms with Gasteiger partial charge in [-0.2, -0.15) is 0 Å². The molecule has 10 aromatic rings. The van der Waals surface area contributed by atoms with E-state index in [1.54, 1.807) is 23.5 Å². The van der Waals surface area contributed by atoms with E-state index < -0.39 is 13.7 Å². The van der Waals surface area contributed by atoms with E-state index in [1.807, 2.05) is 0 Å². The Balaban J connectivity index is 0.000000208. The molecule has 3 aromatic heterocycles. The summed E-state index contributed by atoms with van der Waals surface area (Å²) in [5.74, 6) is 0.906. The smallest absolute Gasteiger partial charge is 0.0774 e. The van der Waals surface area contributed by atoms with E-state index in [1.165, 1.54) is 56.4 Å². The van der Waals surface area contributed by atoms with Crippen LogP contribution in [-0.2, 0) is 20.1 Å². The SMILES string of the molecule is [2H]C([2H])([2H])c1c[c-]c(-c2ccc(C([2H])([2H])[2H])cn2)cc1.[Ir].[c-]1sc2c(ccc3ccccc32)c1-c1nc2ccccc2n1-c1c(-c2ccccc2)cccc1-c1ccccc1. The second kappa shape index (κ2) is 15.8. The van der Waals surface area contributed by atoms with Crippen molar-refractivity contribution >= 4 is 43.2 Å². The summed E-state index contributed by atoms with van der Waals surface area (Å²) in [5, 5.41) is 7.35. The summed E-state index contributed by atoms with van der Waals surface area (Å²) in [7, 11) is 0. The first-order valence-corrected chi connectivity index (χ1v) is 18.4. The number of fused-ring (bicyclic) bond motifs is 4. The Morgan fingerprint density at radius 2 is 1.31 bits per heavy atom. The van der Waals surface area contributed by atoms with Crippen LogP contribution in [0.5, 0.6) is 0 Å². The Hall–Kier alpha value is -5.97. The molecular weight excluding hydrogens is 867 g/mol. The first kappa shape index (κ1) is 29.4. The van der Waals surface area contributed by atoms with Gasteiger partial charge in [0.05, 0.1) is 22.5 Å². The Morgan fingerprint density at radius 1 is 0.618 bits per heavy atom. The van der Waals surface area contributed by atoms with Gasteiger partial charge in [-0.15, -0.1) is 46.8 Å². The van der Waals surface area contributed by atoms with Crippen LogP contribution in [-0.4, -0.2) is 14.5 Å². The molecule has 0 unspecified atom stereocenters. The number of para-hydroxylation sites is 3. The van der Waals surface area contributed by atoms with Crippen molar-refractivity contribution in [3.63, 3.8) is 0 Å². The monoisotopic (exact) mass is 908 g/mol. The zero-order valence-electron chi connectivity index (χ0n) is 35.3. The molecule has 0 aliphatic carbocycles. The van der Waals surface area contributed by atoms with Crippen molar-refractivity contribution < 1.29 is 28.3 Å². The molecule has 1 radical (unpaired) electrons. The van der Waals surface area contributed by atoms with Crippen LogP contribution in [0.3, 0.4) is 0 Å². The molecule has 0 fully saturated rings. The maximum atomic E-state index is 7.28. The standard InChI is InChI=1S/C37H23N2S.C13H12N.Ir/c1-3-12-25(13-4-1)28-18-11-19-29(26-14-5-2-6-15-26)35(28)39-34-21-10-9-20-33(34)38-37(39)32-24-40-36-30-17-8-7-16-27(30)22-23-31(32)36;1-10-3-6-12(7-4-10)13-8-5-11(2)9-14-13;/h1-23H;3-6,8-9H,1-2H3;/q2*-1;/i;1D3,2D3;. The van der Waals surface area contributed by atoms with Crippen LogP contribution in [0.1, 0.15) is 19.4 Å². The number of hydrogen-bond acceptors (Lipinski definition) is 3. The van der Waals surface area contributed by atoms with E-state index in [0.717, 1.165) is 39.2 Å². The fourth-order valence-corrected chi connectivity index (χ4v) is 7.90. The summed E-state index contributed by atoms with van der Waals surface area (Å²) in [6.07, 6.45) is 1.30. The number of aryl methyl sites for hydroxylation is 2. The molecule has 267 valence electrons. The van der Waals surface area contributed by atoms with Gasteiger partial charge in [0, 0.05) is 45.7 Å². The Morgan fingerprint density at radius 3 is 2.00 bits per heavy atom. The van der Waals surface area contributed by atoms with Gasteiger partial charge in [-0.1, -0.05) is 161 Å². The molecule has 5 heteroatoms. The molecule has 0 saturated carbocycles. The molecule has 55 heavy (non-hydrogen) atoms. The van der Waals surface area contributed by atoms with Crippen molar-refractivity contribution in [1.29, 1.82) is 0 Å². The number of rotatable bonds is 5. The first-order chi connectivity index (χ1) is 29.0. The number of aromatic nitrogens is 3. The van der Waals surface area contributed by atoms with Crippen molar-refractivity contribution in [2.24, 2.45) is 0 Å². The number of benzene rings is 7. The predicted molar refractivity (Wildman–Crippen MR) is 227 cm³/mol. The van der Waals surface area contributed by atoms with Crippen LogP contribution >= 0.6 is 11.3 Å². The minimum absolute atomic E-state index is 0. The van der Waals surface area contributed by atoms with Crippen molar-refractivity contribution in [1.82, 2.24) is 14.5 Å². The number of nitrogens with zero attached hydrogens (tertiary/aromatic N) is 3. The molecule has 3 heterocycles. The molecule has 0 bridgehead atoms. The summed E-state index contributed by atoms with van der Waals surface area (Å²) >= 11 is 1.67. The Kier molecular flexibility index (Phi) is 8.44. The minimum Gasteiger partial charge on any atom is -0.332 e. The minimum atomic E-state index is -2.18. The second-order valence-corrected chi connectivity index (χ2v) is 13.7. The molecule has 0 atom stereocenters. The molecule has 10 rings (SSSR count). The average Bonchev–Trinajstić information content (AvgIpc) is 3.89. The van der Waals surface area contributed by atoms with Gasteiger partial charge in [0.1, 0.15) is 0 Å². The van der Waals surface area contributed by atoms with Gasteiger partial charge in [0.2, 0.25) is 0 Å². The van der Waals surface area contributed by atoms with E-state index in [0.29, 0.717) is 11.3 Å². The normalized spacial score (nSPS) is 13.0. The fraction of sp³-hybridized carbons (Fsp3) is 0.0400. The average molecular weight is 908 g/mol. The quantitative estimate of drug-likeness (QED) is 0.161. The first-order valence-electron chi connectivity index (χ1n) is 20.6. The van der Waals surface area contributed by atoms with Gasteiger partial charge >= 0.3 is 0 Å². The van der Waals surface area contributed by atoms with Crippen LogP contribution < -0.4 is 0 Å². The zero-order valence-corrected chi connectivity index (χ0v) is 32.5. The molecular formula is C50H35IrN3S-2. The summed E-state index contributed by atoms with van der Waals surface area (Å²) in [6, 6.07) is 59.8. The van der Waals surface area contributed by atoms with Crippen LogP contribution in [0.15, 0.2) is 176 Å². The number of pyridine rings is 1.